The Balaban J connectivity index is 1.72. The number of ketones is 1. The summed E-state index contributed by atoms with van der Waals surface area (Å²) in [6.07, 6.45) is 1.67. The van der Waals surface area contributed by atoms with E-state index in [1.807, 2.05) is 6.07 Å². The molecule has 0 radical (unpaired) electrons. The van der Waals surface area contributed by atoms with Crippen molar-refractivity contribution < 1.29 is 4.79 Å². The second-order valence-electron chi connectivity index (χ2n) is 6.82. The van der Waals surface area contributed by atoms with Gasteiger partial charge in [0, 0.05) is 25.2 Å². The summed E-state index contributed by atoms with van der Waals surface area (Å²) in [5.74, 6) is 0.415. The molecule has 0 spiro atoms. The minimum atomic E-state index is 0.0421. The highest BCUT2D eigenvalue weighted by atomic mass is 16.1. The minimum Gasteiger partial charge on any atom is -0.299 e. The van der Waals surface area contributed by atoms with Crippen LogP contribution >= 0.6 is 0 Å². The zero-order valence-corrected chi connectivity index (χ0v) is 12.3. The molecule has 1 atom stereocenters. The van der Waals surface area contributed by atoms with Crippen molar-refractivity contribution in [2.45, 2.75) is 33.2 Å². The van der Waals surface area contributed by atoms with Crippen molar-refractivity contribution in [3.05, 3.63) is 35.9 Å². The summed E-state index contributed by atoms with van der Waals surface area (Å²) in [5.41, 5.74) is 2.51. The van der Waals surface area contributed by atoms with Gasteiger partial charge >= 0.3 is 0 Å². The van der Waals surface area contributed by atoms with E-state index in [0.29, 0.717) is 12.2 Å². The average Bonchev–Trinajstić information content (AvgIpc) is 2.40. The average molecular weight is 270 g/mol. The molecule has 1 fully saturated rings. The van der Waals surface area contributed by atoms with Crippen molar-refractivity contribution in [2.75, 3.05) is 13.2 Å². The summed E-state index contributed by atoms with van der Waals surface area (Å²) < 4.78 is 0. The maximum Gasteiger partial charge on any atom is 0.143 e. The molecule has 0 aromatic heterocycles. The number of Topliss-reactive ketones (excluding diaryl/α,β-unsaturated/α-hetero) is 1. The highest BCUT2D eigenvalue weighted by Crippen LogP contribution is 2.36. The fourth-order valence-corrected chi connectivity index (χ4v) is 3.29. The molecule has 3 nitrogen and oxygen atoms in total. The third-order valence-corrected chi connectivity index (χ3v) is 4.27. The maximum absolute atomic E-state index is 12.3. The molecule has 1 aliphatic heterocycles. The monoisotopic (exact) mass is 270 g/mol. The van der Waals surface area contributed by atoms with Gasteiger partial charge in [-0.2, -0.15) is 0 Å². The molecule has 1 aromatic rings. The van der Waals surface area contributed by atoms with E-state index in [-0.39, 0.29) is 11.3 Å². The van der Waals surface area contributed by atoms with Gasteiger partial charge in [-0.1, -0.05) is 44.2 Å². The fraction of sp³-hybridized carbons (Fsp3) is 0.529. The summed E-state index contributed by atoms with van der Waals surface area (Å²) in [6.45, 7) is 6.78. The van der Waals surface area contributed by atoms with E-state index in [4.69, 9.17) is 4.99 Å². The van der Waals surface area contributed by atoms with Crippen LogP contribution < -0.4 is 0 Å². The van der Waals surface area contributed by atoms with Gasteiger partial charge in [-0.05, 0) is 17.4 Å². The Morgan fingerprint density at radius 2 is 2.00 bits per heavy atom. The Hall–Kier alpha value is -1.48. The summed E-state index contributed by atoms with van der Waals surface area (Å²) in [7, 11) is 0. The SMILES string of the molecule is CC1(C)CC(=O)C2CN(Cc3ccccc3)CN=C2C1. The van der Waals surface area contributed by atoms with Crippen molar-refractivity contribution in [3.8, 4) is 0 Å². The number of hydrogen-bond acceptors (Lipinski definition) is 3. The van der Waals surface area contributed by atoms with E-state index < -0.39 is 0 Å². The maximum atomic E-state index is 12.3. The Kier molecular flexibility index (Phi) is 3.47. The number of carbonyl (C=O) groups is 1. The zero-order valence-electron chi connectivity index (χ0n) is 12.3. The summed E-state index contributed by atoms with van der Waals surface area (Å²) >= 11 is 0. The molecule has 1 aliphatic carbocycles. The van der Waals surface area contributed by atoms with Crippen molar-refractivity contribution in [2.24, 2.45) is 16.3 Å². The van der Waals surface area contributed by atoms with E-state index in [0.717, 1.165) is 31.9 Å². The van der Waals surface area contributed by atoms with Crippen molar-refractivity contribution >= 4 is 11.5 Å². The first-order valence-electron chi connectivity index (χ1n) is 7.36. The van der Waals surface area contributed by atoms with Gasteiger partial charge < -0.3 is 0 Å². The molecule has 3 rings (SSSR count). The molecular formula is C17H22N2O. The van der Waals surface area contributed by atoms with Gasteiger partial charge in [-0.25, -0.2) is 0 Å². The Morgan fingerprint density at radius 1 is 1.25 bits per heavy atom. The third kappa shape index (κ3) is 2.83. The van der Waals surface area contributed by atoms with Crippen LogP contribution in [-0.2, 0) is 11.3 Å². The van der Waals surface area contributed by atoms with Gasteiger partial charge in [0.25, 0.3) is 0 Å². The van der Waals surface area contributed by atoms with E-state index >= 15 is 0 Å². The van der Waals surface area contributed by atoms with Gasteiger partial charge in [-0.3, -0.25) is 14.7 Å². The van der Waals surface area contributed by atoms with Crippen LogP contribution in [0.5, 0.6) is 0 Å². The number of aliphatic imine (C=N–C) groups is 1. The number of benzene rings is 1. The lowest BCUT2D eigenvalue weighted by molar-refractivity contribution is -0.124. The number of fused-ring (bicyclic) bond motifs is 1. The summed E-state index contributed by atoms with van der Waals surface area (Å²) in [6, 6.07) is 10.4. The second-order valence-corrected chi connectivity index (χ2v) is 6.82. The number of hydrogen-bond donors (Lipinski definition) is 0. The van der Waals surface area contributed by atoms with Crippen LogP contribution in [0, 0.1) is 11.3 Å². The van der Waals surface area contributed by atoms with Crippen LogP contribution in [0.1, 0.15) is 32.3 Å². The first-order chi connectivity index (χ1) is 9.53. The molecule has 0 amide bonds. The third-order valence-electron chi connectivity index (χ3n) is 4.27. The van der Waals surface area contributed by atoms with Gasteiger partial charge in [-0.15, -0.1) is 0 Å². The van der Waals surface area contributed by atoms with Crippen molar-refractivity contribution in [3.63, 3.8) is 0 Å². The predicted molar refractivity (Wildman–Crippen MR) is 80.7 cm³/mol. The molecule has 0 bridgehead atoms. The first kappa shape index (κ1) is 13.5. The molecule has 2 aliphatic rings. The first-order valence-corrected chi connectivity index (χ1v) is 7.36. The van der Waals surface area contributed by atoms with Crippen LogP contribution in [0.4, 0.5) is 0 Å². The molecule has 1 unspecified atom stereocenters. The lowest BCUT2D eigenvalue weighted by Crippen LogP contribution is -2.47. The zero-order chi connectivity index (χ0) is 14.2. The van der Waals surface area contributed by atoms with Gasteiger partial charge in [0.1, 0.15) is 5.78 Å². The molecule has 20 heavy (non-hydrogen) atoms. The Morgan fingerprint density at radius 3 is 2.75 bits per heavy atom. The topological polar surface area (TPSA) is 32.7 Å². The lowest BCUT2D eigenvalue weighted by atomic mass is 9.70. The fourth-order valence-electron chi connectivity index (χ4n) is 3.29. The van der Waals surface area contributed by atoms with Gasteiger partial charge in [0.05, 0.1) is 12.6 Å². The van der Waals surface area contributed by atoms with Gasteiger partial charge in [0.15, 0.2) is 0 Å². The number of rotatable bonds is 2. The summed E-state index contributed by atoms with van der Waals surface area (Å²) in [4.78, 5) is 19.3. The van der Waals surface area contributed by atoms with Crippen LogP contribution in [-0.4, -0.2) is 29.6 Å². The van der Waals surface area contributed by atoms with E-state index in [1.165, 1.54) is 5.56 Å². The molecular weight excluding hydrogens is 248 g/mol. The quantitative estimate of drug-likeness (QED) is 0.827. The second kappa shape index (κ2) is 5.13. The highest BCUT2D eigenvalue weighted by molar-refractivity contribution is 6.08. The number of nitrogens with zero attached hydrogens (tertiary/aromatic N) is 2. The lowest BCUT2D eigenvalue weighted by Gasteiger charge is -2.39. The molecule has 1 aromatic carbocycles. The van der Waals surface area contributed by atoms with E-state index in [1.54, 1.807) is 0 Å². The molecule has 0 saturated heterocycles. The standard InChI is InChI=1S/C17H22N2O/c1-17(2)8-15-14(16(20)9-17)11-19(12-18-15)10-13-6-4-3-5-7-13/h3-7,14H,8-12H2,1-2H3. The molecule has 1 heterocycles. The van der Waals surface area contributed by atoms with Crippen molar-refractivity contribution in [1.82, 2.24) is 4.90 Å². The van der Waals surface area contributed by atoms with E-state index in [2.05, 4.69) is 43.0 Å². The van der Waals surface area contributed by atoms with Crippen LogP contribution in [0.2, 0.25) is 0 Å². The highest BCUT2D eigenvalue weighted by Gasteiger charge is 2.40. The van der Waals surface area contributed by atoms with Gasteiger partial charge in [0.2, 0.25) is 0 Å². The summed E-state index contributed by atoms with van der Waals surface area (Å²) in [5, 5.41) is 0. The molecule has 1 saturated carbocycles. The predicted octanol–water partition coefficient (Wildman–Crippen LogP) is 2.91. The molecule has 3 heteroatoms. The largest absolute Gasteiger partial charge is 0.299 e. The minimum absolute atomic E-state index is 0.0421. The normalized spacial score (nSPS) is 26.0. The smallest absolute Gasteiger partial charge is 0.143 e. The molecule has 0 N–H and O–H groups in total. The van der Waals surface area contributed by atoms with Crippen LogP contribution in [0.3, 0.4) is 0 Å². The van der Waals surface area contributed by atoms with Crippen LogP contribution in [0.15, 0.2) is 35.3 Å². The molecule has 106 valence electrons. The Bertz CT molecular complexity index is 533. The van der Waals surface area contributed by atoms with E-state index in [9.17, 15) is 4.79 Å². The van der Waals surface area contributed by atoms with Crippen LogP contribution in [0.25, 0.3) is 0 Å². The Labute approximate surface area is 120 Å². The van der Waals surface area contributed by atoms with Crippen molar-refractivity contribution in [1.29, 1.82) is 0 Å². The number of carbonyl (C=O) groups excluding carboxylic acids is 1.